The van der Waals surface area contributed by atoms with Crippen LogP contribution in [0.15, 0.2) is 85.2 Å². The summed E-state index contributed by atoms with van der Waals surface area (Å²) >= 11 is 0. The van der Waals surface area contributed by atoms with E-state index in [4.69, 9.17) is 0 Å². The van der Waals surface area contributed by atoms with Gasteiger partial charge in [0.05, 0.1) is 0 Å². The van der Waals surface area contributed by atoms with E-state index in [-0.39, 0.29) is 30.1 Å². The van der Waals surface area contributed by atoms with Gasteiger partial charge in [-0.3, -0.25) is 14.6 Å². The SMILES string of the molecule is Cl.O=C(CC(c1ccccc1)c1ccccc1)N1CCN(C(=O)c2ccncc2)CC1. The summed E-state index contributed by atoms with van der Waals surface area (Å²) in [5.41, 5.74) is 2.92. The van der Waals surface area contributed by atoms with Crippen LogP contribution in [-0.4, -0.2) is 52.8 Å². The Balaban J connectivity index is 0.00000272. The van der Waals surface area contributed by atoms with Gasteiger partial charge in [-0.05, 0) is 23.3 Å². The zero-order valence-electron chi connectivity index (χ0n) is 17.3. The molecule has 2 amide bonds. The summed E-state index contributed by atoms with van der Waals surface area (Å²) in [5, 5.41) is 0. The van der Waals surface area contributed by atoms with E-state index >= 15 is 0 Å². The molecule has 0 N–H and O–H groups in total. The van der Waals surface area contributed by atoms with Crippen molar-refractivity contribution in [1.29, 1.82) is 0 Å². The molecule has 1 aromatic heterocycles. The molecule has 0 aliphatic carbocycles. The summed E-state index contributed by atoms with van der Waals surface area (Å²) in [7, 11) is 0. The molecule has 1 saturated heterocycles. The van der Waals surface area contributed by atoms with Crippen LogP contribution in [0.25, 0.3) is 0 Å². The van der Waals surface area contributed by atoms with Crippen molar-refractivity contribution < 1.29 is 9.59 Å². The molecule has 1 fully saturated rings. The number of carbonyl (C=O) groups excluding carboxylic acids is 2. The van der Waals surface area contributed by atoms with Crippen molar-refractivity contribution in [3.63, 3.8) is 0 Å². The summed E-state index contributed by atoms with van der Waals surface area (Å²) in [6.45, 7) is 2.22. The van der Waals surface area contributed by atoms with Crippen molar-refractivity contribution in [3.05, 3.63) is 102 Å². The highest BCUT2D eigenvalue weighted by atomic mass is 35.5. The number of pyridine rings is 1. The highest BCUT2D eigenvalue weighted by molar-refractivity contribution is 5.94. The maximum atomic E-state index is 13.1. The van der Waals surface area contributed by atoms with Crippen LogP contribution in [0, 0.1) is 0 Å². The second-order valence-electron chi connectivity index (χ2n) is 7.49. The van der Waals surface area contributed by atoms with Gasteiger partial charge < -0.3 is 9.80 Å². The highest BCUT2D eigenvalue weighted by Crippen LogP contribution is 2.28. The van der Waals surface area contributed by atoms with E-state index in [1.165, 1.54) is 0 Å². The lowest BCUT2D eigenvalue weighted by atomic mass is 9.88. The molecule has 1 aliphatic heterocycles. The third-order valence-corrected chi connectivity index (χ3v) is 5.63. The van der Waals surface area contributed by atoms with Crippen LogP contribution in [0.2, 0.25) is 0 Å². The molecule has 0 saturated carbocycles. The minimum absolute atomic E-state index is 0. The maximum Gasteiger partial charge on any atom is 0.254 e. The van der Waals surface area contributed by atoms with Gasteiger partial charge in [0.1, 0.15) is 0 Å². The van der Waals surface area contributed by atoms with Crippen molar-refractivity contribution in [2.75, 3.05) is 26.2 Å². The number of halogens is 1. The number of nitrogens with zero attached hydrogens (tertiary/aromatic N) is 3. The molecule has 6 heteroatoms. The molecule has 0 spiro atoms. The fraction of sp³-hybridized carbons (Fsp3) is 0.240. The van der Waals surface area contributed by atoms with Crippen molar-refractivity contribution in [1.82, 2.24) is 14.8 Å². The van der Waals surface area contributed by atoms with Crippen LogP contribution in [0.3, 0.4) is 0 Å². The predicted octanol–water partition coefficient (Wildman–Crippen LogP) is 4.01. The van der Waals surface area contributed by atoms with Crippen molar-refractivity contribution in [3.8, 4) is 0 Å². The Kier molecular flexibility index (Phi) is 7.79. The lowest BCUT2D eigenvalue weighted by Gasteiger charge is -2.35. The summed E-state index contributed by atoms with van der Waals surface area (Å²) in [5.74, 6) is 0.149. The lowest BCUT2D eigenvalue weighted by Crippen LogP contribution is -2.50. The number of hydrogen-bond donors (Lipinski definition) is 0. The van der Waals surface area contributed by atoms with E-state index < -0.39 is 0 Å². The third kappa shape index (κ3) is 5.50. The Hall–Kier alpha value is -3.18. The van der Waals surface area contributed by atoms with Gasteiger partial charge in [0, 0.05) is 56.5 Å². The molecule has 5 nitrogen and oxygen atoms in total. The number of hydrogen-bond acceptors (Lipinski definition) is 3. The van der Waals surface area contributed by atoms with Gasteiger partial charge in [-0.2, -0.15) is 0 Å². The summed E-state index contributed by atoms with van der Waals surface area (Å²) in [6.07, 6.45) is 3.67. The number of rotatable bonds is 5. The van der Waals surface area contributed by atoms with Crippen LogP contribution >= 0.6 is 12.4 Å². The van der Waals surface area contributed by atoms with Crippen LogP contribution in [0.4, 0.5) is 0 Å². The number of piperazine rings is 1. The van der Waals surface area contributed by atoms with Gasteiger partial charge in [-0.1, -0.05) is 60.7 Å². The molecule has 2 aromatic carbocycles. The molecule has 0 bridgehead atoms. The number of benzene rings is 2. The Morgan fingerprint density at radius 3 is 1.74 bits per heavy atom. The van der Waals surface area contributed by atoms with E-state index in [9.17, 15) is 9.59 Å². The molecule has 4 rings (SSSR count). The average Bonchev–Trinajstić information content (AvgIpc) is 2.83. The van der Waals surface area contributed by atoms with Gasteiger partial charge >= 0.3 is 0 Å². The Bertz CT molecular complexity index is 936. The van der Waals surface area contributed by atoms with Gasteiger partial charge in [-0.15, -0.1) is 12.4 Å². The maximum absolute atomic E-state index is 13.1. The van der Waals surface area contributed by atoms with Crippen molar-refractivity contribution in [2.45, 2.75) is 12.3 Å². The average molecular weight is 436 g/mol. The van der Waals surface area contributed by atoms with Crippen molar-refractivity contribution in [2.24, 2.45) is 0 Å². The van der Waals surface area contributed by atoms with Gasteiger partial charge in [0.15, 0.2) is 0 Å². The van der Waals surface area contributed by atoms with Crippen LogP contribution in [-0.2, 0) is 4.79 Å². The largest absolute Gasteiger partial charge is 0.339 e. The zero-order valence-corrected chi connectivity index (χ0v) is 18.1. The monoisotopic (exact) mass is 435 g/mol. The van der Waals surface area contributed by atoms with Crippen LogP contribution in [0.5, 0.6) is 0 Å². The Morgan fingerprint density at radius 2 is 1.23 bits per heavy atom. The zero-order chi connectivity index (χ0) is 20.8. The first-order valence-corrected chi connectivity index (χ1v) is 10.3. The molecular formula is C25H26ClN3O2. The van der Waals surface area contributed by atoms with E-state index in [0.717, 1.165) is 11.1 Å². The molecule has 0 atom stereocenters. The Morgan fingerprint density at radius 1 is 0.742 bits per heavy atom. The van der Waals surface area contributed by atoms with E-state index in [1.807, 2.05) is 46.2 Å². The number of carbonyl (C=O) groups is 2. The summed E-state index contributed by atoms with van der Waals surface area (Å²) in [4.78, 5) is 33.4. The molecule has 160 valence electrons. The van der Waals surface area contributed by atoms with Crippen LogP contribution < -0.4 is 0 Å². The van der Waals surface area contributed by atoms with E-state index in [1.54, 1.807) is 24.5 Å². The fourth-order valence-electron chi connectivity index (χ4n) is 3.94. The smallest absolute Gasteiger partial charge is 0.254 e. The lowest BCUT2D eigenvalue weighted by molar-refractivity contribution is -0.132. The third-order valence-electron chi connectivity index (χ3n) is 5.63. The number of aromatic nitrogens is 1. The van der Waals surface area contributed by atoms with E-state index in [2.05, 4.69) is 29.2 Å². The van der Waals surface area contributed by atoms with Gasteiger partial charge in [-0.25, -0.2) is 0 Å². The molecule has 3 aromatic rings. The molecule has 31 heavy (non-hydrogen) atoms. The molecular weight excluding hydrogens is 410 g/mol. The minimum Gasteiger partial charge on any atom is -0.339 e. The standard InChI is InChI=1S/C25H25N3O2.ClH/c29-24(19-23(20-7-3-1-4-8-20)21-9-5-2-6-10-21)27-15-17-28(18-16-27)25(30)22-11-13-26-14-12-22;/h1-14,23H,15-19H2;1H. The van der Waals surface area contributed by atoms with E-state index in [0.29, 0.717) is 38.2 Å². The first-order chi connectivity index (χ1) is 14.7. The molecule has 0 radical (unpaired) electrons. The molecule has 1 aliphatic rings. The normalized spacial score (nSPS) is 13.6. The molecule has 0 unspecified atom stereocenters. The molecule has 2 heterocycles. The second-order valence-corrected chi connectivity index (χ2v) is 7.49. The quantitative estimate of drug-likeness (QED) is 0.608. The first kappa shape index (κ1) is 22.5. The number of amides is 2. The highest BCUT2D eigenvalue weighted by Gasteiger charge is 2.27. The predicted molar refractivity (Wildman–Crippen MR) is 123 cm³/mol. The first-order valence-electron chi connectivity index (χ1n) is 10.3. The topological polar surface area (TPSA) is 53.5 Å². The van der Waals surface area contributed by atoms with Gasteiger partial charge in [0.25, 0.3) is 5.91 Å². The summed E-state index contributed by atoms with van der Waals surface area (Å²) < 4.78 is 0. The second kappa shape index (κ2) is 10.7. The summed E-state index contributed by atoms with van der Waals surface area (Å²) in [6, 6.07) is 23.8. The fourth-order valence-corrected chi connectivity index (χ4v) is 3.94. The van der Waals surface area contributed by atoms with Crippen molar-refractivity contribution >= 4 is 24.2 Å². The minimum atomic E-state index is -0.00375. The van der Waals surface area contributed by atoms with Gasteiger partial charge in [0.2, 0.25) is 5.91 Å². The Labute approximate surface area is 189 Å². The van der Waals surface area contributed by atoms with Crippen LogP contribution in [0.1, 0.15) is 33.8 Å².